The number of pyridine rings is 2. The van der Waals surface area contributed by atoms with Crippen molar-refractivity contribution in [3.63, 3.8) is 0 Å². The van der Waals surface area contributed by atoms with Crippen LogP contribution in [0, 0.1) is 0 Å². The van der Waals surface area contributed by atoms with Gasteiger partial charge in [0.25, 0.3) is 0 Å². The first-order chi connectivity index (χ1) is 17.8. The maximum atomic E-state index is 5.21. The number of hydrogen-bond acceptors (Lipinski definition) is 4. The lowest BCUT2D eigenvalue weighted by atomic mass is 9.59. The van der Waals surface area contributed by atoms with Crippen molar-refractivity contribution >= 4 is 0 Å². The van der Waals surface area contributed by atoms with E-state index in [1.54, 1.807) is 0 Å². The average Bonchev–Trinajstić information content (AvgIpc) is 3.50. The van der Waals surface area contributed by atoms with Gasteiger partial charge in [0.15, 0.2) is 11.6 Å². The molecule has 0 unspecified atom stereocenters. The normalized spacial score (nSPS) is 17.8. The summed E-state index contributed by atoms with van der Waals surface area (Å²) in [6.45, 7) is 27.2. The first-order valence-corrected chi connectivity index (χ1v) is 14.0. The second kappa shape index (κ2) is 8.36. The highest BCUT2D eigenvalue weighted by Gasteiger charge is 2.47. The van der Waals surface area contributed by atoms with Gasteiger partial charge in [-0.1, -0.05) is 81.4 Å². The fourth-order valence-electron chi connectivity index (χ4n) is 5.61. The molecule has 0 saturated heterocycles. The molecule has 0 radical (unpaired) electrons. The lowest BCUT2D eigenvalue weighted by Crippen LogP contribution is -2.42. The summed E-state index contributed by atoms with van der Waals surface area (Å²) in [5.41, 5.74) is 5.27. The van der Waals surface area contributed by atoms with Gasteiger partial charge in [0.2, 0.25) is 0 Å². The molecule has 0 spiro atoms. The van der Waals surface area contributed by atoms with E-state index in [4.69, 9.17) is 20.2 Å². The molecule has 0 saturated carbocycles. The lowest BCUT2D eigenvalue weighted by molar-refractivity contribution is 0.292. The highest BCUT2D eigenvalue weighted by molar-refractivity contribution is 5.45. The fraction of sp³-hybridized carbons (Fsp3) is 0.515. The van der Waals surface area contributed by atoms with Crippen molar-refractivity contribution in [3.8, 4) is 11.6 Å². The molecule has 206 valence electrons. The number of aromatic nitrogens is 6. The molecule has 0 aliphatic carbocycles. The van der Waals surface area contributed by atoms with Gasteiger partial charge >= 0.3 is 0 Å². The fourth-order valence-corrected chi connectivity index (χ4v) is 5.61. The van der Waals surface area contributed by atoms with Gasteiger partial charge in [0.05, 0.1) is 22.8 Å². The summed E-state index contributed by atoms with van der Waals surface area (Å²) in [4.78, 5) is 10.3. The van der Waals surface area contributed by atoms with Crippen molar-refractivity contribution in [1.29, 1.82) is 0 Å². The Morgan fingerprint density at radius 1 is 0.564 bits per heavy atom. The molecule has 6 nitrogen and oxygen atoms in total. The first-order valence-electron chi connectivity index (χ1n) is 14.0. The molecule has 0 N–H and O–H groups in total. The minimum absolute atomic E-state index is 0.144. The highest BCUT2D eigenvalue weighted by atomic mass is 15.3. The molecule has 39 heavy (non-hydrogen) atoms. The van der Waals surface area contributed by atoms with E-state index in [1.165, 1.54) is 11.1 Å². The van der Waals surface area contributed by atoms with Gasteiger partial charge in [-0.15, -0.1) is 0 Å². The van der Waals surface area contributed by atoms with Crippen molar-refractivity contribution in [3.05, 3.63) is 82.7 Å². The predicted octanol–water partition coefficient (Wildman–Crippen LogP) is 7.34. The van der Waals surface area contributed by atoms with Crippen LogP contribution in [0.25, 0.3) is 11.6 Å². The van der Waals surface area contributed by atoms with E-state index in [0.29, 0.717) is 0 Å². The summed E-state index contributed by atoms with van der Waals surface area (Å²) >= 11 is 0. The van der Waals surface area contributed by atoms with Crippen LogP contribution in [0.2, 0.25) is 0 Å². The summed E-state index contributed by atoms with van der Waals surface area (Å²) in [6.07, 6.45) is 4.42. The molecule has 1 aliphatic rings. The molecule has 8 bridgehead atoms. The average molecular weight is 525 g/mol. The Labute approximate surface area is 233 Å². The van der Waals surface area contributed by atoms with Crippen LogP contribution in [0.5, 0.6) is 0 Å². The topological polar surface area (TPSA) is 61.4 Å². The Morgan fingerprint density at radius 3 is 1.26 bits per heavy atom. The molecule has 4 aromatic rings. The van der Waals surface area contributed by atoms with Gasteiger partial charge in [0.1, 0.15) is 0 Å². The van der Waals surface area contributed by atoms with Gasteiger partial charge in [-0.25, -0.2) is 19.3 Å². The zero-order chi connectivity index (χ0) is 28.8. The molecule has 4 aromatic heterocycles. The van der Waals surface area contributed by atoms with Crippen LogP contribution in [0.3, 0.4) is 0 Å². The Hall–Kier alpha value is -3.28. The van der Waals surface area contributed by atoms with E-state index in [-0.39, 0.29) is 21.7 Å². The molecule has 0 atom stereocenters. The van der Waals surface area contributed by atoms with Crippen LogP contribution >= 0.6 is 0 Å². The first kappa shape index (κ1) is 27.3. The maximum absolute atomic E-state index is 5.21. The third-order valence-electron chi connectivity index (χ3n) is 8.98. The molecule has 5 rings (SSSR count). The number of hydrogen-bond donors (Lipinski definition) is 0. The van der Waals surface area contributed by atoms with Gasteiger partial charge < -0.3 is 0 Å². The van der Waals surface area contributed by atoms with E-state index in [1.807, 2.05) is 21.5 Å². The highest BCUT2D eigenvalue weighted by Crippen LogP contribution is 2.49. The van der Waals surface area contributed by atoms with Crippen molar-refractivity contribution in [1.82, 2.24) is 29.5 Å². The van der Waals surface area contributed by atoms with Gasteiger partial charge in [-0.05, 0) is 38.1 Å². The zero-order valence-electron chi connectivity index (χ0n) is 25.8. The largest absolute Gasteiger partial charge is 0.233 e. The molecule has 0 aromatic carbocycles. The van der Waals surface area contributed by atoms with Crippen molar-refractivity contribution < 1.29 is 0 Å². The second-order valence-electron chi connectivity index (χ2n) is 14.8. The molecule has 6 heteroatoms. The molecule has 0 amide bonds. The van der Waals surface area contributed by atoms with Crippen LogP contribution in [0.4, 0.5) is 0 Å². The van der Waals surface area contributed by atoms with Gasteiger partial charge in [0, 0.05) is 50.6 Å². The van der Waals surface area contributed by atoms with E-state index in [2.05, 4.69) is 120 Å². The lowest BCUT2D eigenvalue weighted by Gasteiger charge is -2.43. The summed E-state index contributed by atoms with van der Waals surface area (Å²) < 4.78 is 3.95. The van der Waals surface area contributed by atoms with Crippen molar-refractivity contribution in [2.75, 3.05) is 0 Å². The molecular formula is C33H44N6. The Morgan fingerprint density at radius 2 is 0.923 bits per heavy atom. The minimum Gasteiger partial charge on any atom is -0.233 e. The third kappa shape index (κ3) is 4.23. The molecular weight excluding hydrogens is 480 g/mol. The number of rotatable bonds is 0. The summed E-state index contributed by atoms with van der Waals surface area (Å²) in [5.74, 6) is 1.64. The molecule has 1 aliphatic heterocycles. The van der Waals surface area contributed by atoms with Gasteiger partial charge in [-0.2, -0.15) is 10.2 Å². The SMILES string of the molecule is CC(C)(C)c1nn2cc1C(C)(C)C(C)(C)c1cn(nc1C(C)(C)C)-c1cccc(n1)C(C)(C)c1cccc-2n1. The minimum atomic E-state index is -0.420. The number of fused-ring (bicyclic) bond motifs is 10. The standard InChI is InChI=1S/C33H44N6/c1-29(2,3)27-21-19-38(36-27)25-17-13-15-23(34-25)31(7,8)24-16-14-18-26(35-24)39-20-22(28(37-39)30(4,5)6)33(11,12)32(21,9)10/h13-20H,1-12H3. The Bertz CT molecular complexity index is 1430. The monoisotopic (exact) mass is 524 g/mol. The quantitative estimate of drug-likeness (QED) is 0.241. The Kier molecular flexibility index (Phi) is 5.85. The summed E-state index contributed by atoms with van der Waals surface area (Å²) in [5, 5.41) is 10.4. The smallest absolute Gasteiger partial charge is 0.153 e. The van der Waals surface area contributed by atoms with Crippen LogP contribution in [0.1, 0.15) is 117 Å². The van der Waals surface area contributed by atoms with Crippen LogP contribution in [-0.4, -0.2) is 29.5 Å². The van der Waals surface area contributed by atoms with E-state index >= 15 is 0 Å². The maximum Gasteiger partial charge on any atom is 0.153 e. The summed E-state index contributed by atoms with van der Waals surface area (Å²) in [7, 11) is 0. The van der Waals surface area contributed by atoms with Crippen LogP contribution in [0.15, 0.2) is 48.8 Å². The third-order valence-corrected chi connectivity index (χ3v) is 8.98. The number of nitrogens with zero attached hydrogens (tertiary/aromatic N) is 6. The van der Waals surface area contributed by atoms with E-state index < -0.39 is 5.41 Å². The molecule has 0 fully saturated rings. The zero-order valence-corrected chi connectivity index (χ0v) is 25.8. The van der Waals surface area contributed by atoms with Crippen molar-refractivity contribution in [2.24, 2.45) is 0 Å². The van der Waals surface area contributed by atoms with E-state index in [0.717, 1.165) is 34.4 Å². The summed E-state index contributed by atoms with van der Waals surface area (Å²) in [6, 6.07) is 12.4. The van der Waals surface area contributed by atoms with Crippen LogP contribution in [-0.2, 0) is 27.1 Å². The second-order valence-corrected chi connectivity index (χ2v) is 14.8. The van der Waals surface area contributed by atoms with Crippen molar-refractivity contribution in [2.45, 2.75) is 110 Å². The molecule has 5 heterocycles. The van der Waals surface area contributed by atoms with Crippen LogP contribution < -0.4 is 0 Å². The van der Waals surface area contributed by atoms with Gasteiger partial charge in [-0.3, -0.25) is 0 Å². The predicted molar refractivity (Wildman–Crippen MR) is 158 cm³/mol. The Balaban J connectivity index is 1.92. The van der Waals surface area contributed by atoms with E-state index in [9.17, 15) is 0 Å².